The molecule has 0 saturated heterocycles. The molecule has 0 radical (unpaired) electrons. The van der Waals surface area contributed by atoms with E-state index < -0.39 is 0 Å². The van der Waals surface area contributed by atoms with E-state index in [9.17, 15) is 0 Å². The van der Waals surface area contributed by atoms with Crippen LogP contribution in [0.2, 0.25) is 0 Å². The molecule has 0 spiro atoms. The van der Waals surface area contributed by atoms with Crippen molar-refractivity contribution in [3.8, 4) is 11.3 Å². The van der Waals surface area contributed by atoms with Crippen LogP contribution in [0.5, 0.6) is 0 Å². The summed E-state index contributed by atoms with van der Waals surface area (Å²) in [6.07, 6.45) is 2.78. The van der Waals surface area contributed by atoms with Crippen LogP contribution < -0.4 is 0 Å². The second-order valence-corrected chi connectivity index (χ2v) is 3.66. The second-order valence-electron chi connectivity index (χ2n) is 3.66. The zero-order valence-corrected chi connectivity index (χ0v) is 9.39. The Morgan fingerprint density at radius 3 is 2.69 bits per heavy atom. The Morgan fingerprint density at radius 1 is 1.12 bits per heavy atom. The lowest BCUT2D eigenvalue weighted by Crippen LogP contribution is -1.95. The van der Waals surface area contributed by atoms with Crippen molar-refractivity contribution in [3.63, 3.8) is 0 Å². The van der Waals surface area contributed by atoms with E-state index in [0.29, 0.717) is 0 Å². The van der Waals surface area contributed by atoms with E-state index in [1.165, 1.54) is 5.56 Å². The molecule has 0 amide bonds. The molecule has 0 aliphatic rings. The fourth-order valence-corrected chi connectivity index (χ4v) is 1.62. The Labute approximate surface area is 95.9 Å². The minimum Gasteiger partial charge on any atom is -0.384 e. The number of aromatic nitrogens is 1. The Morgan fingerprint density at radius 2 is 1.94 bits per heavy atom. The summed E-state index contributed by atoms with van der Waals surface area (Å²) < 4.78 is 5.07. The zero-order valence-electron chi connectivity index (χ0n) is 9.39. The fraction of sp³-hybridized carbons (Fsp3) is 0.214. The van der Waals surface area contributed by atoms with Gasteiger partial charge in [-0.3, -0.25) is 4.98 Å². The van der Waals surface area contributed by atoms with Crippen molar-refractivity contribution < 1.29 is 4.74 Å². The van der Waals surface area contributed by atoms with Crippen molar-refractivity contribution in [2.45, 2.75) is 6.42 Å². The van der Waals surface area contributed by atoms with Crippen LogP contribution in [-0.4, -0.2) is 18.7 Å². The highest BCUT2D eigenvalue weighted by Crippen LogP contribution is 2.17. The minimum absolute atomic E-state index is 0.748. The van der Waals surface area contributed by atoms with Crippen LogP contribution in [-0.2, 0) is 11.2 Å². The third kappa shape index (κ3) is 2.67. The molecule has 0 aliphatic heterocycles. The average Bonchev–Trinajstić information content (AvgIpc) is 2.38. The predicted molar refractivity (Wildman–Crippen MR) is 65.3 cm³/mol. The molecule has 2 heteroatoms. The summed E-state index contributed by atoms with van der Waals surface area (Å²) in [7, 11) is 1.72. The summed E-state index contributed by atoms with van der Waals surface area (Å²) in [5, 5.41) is 0. The van der Waals surface area contributed by atoms with Gasteiger partial charge in [0.1, 0.15) is 0 Å². The van der Waals surface area contributed by atoms with E-state index in [0.717, 1.165) is 24.3 Å². The monoisotopic (exact) mass is 213 g/mol. The molecule has 1 aromatic heterocycles. The SMILES string of the molecule is COCCc1ccnc(-c2ccccc2)c1. The highest BCUT2D eigenvalue weighted by atomic mass is 16.5. The van der Waals surface area contributed by atoms with Gasteiger partial charge in [-0.1, -0.05) is 30.3 Å². The number of nitrogens with zero attached hydrogens (tertiary/aromatic N) is 1. The van der Waals surface area contributed by atoms with Crippen LogP contribution in [0.4, 0.5) is 0 Å². The lowest BCUT2D eigenvalue weighted by Gasteiger charge is -2.04. The van der Waals surface area contributed by atoms with Crippen molar-refractivity contribution in [1.82, 2.24) is 4.98 Å². The topological polar surface area (TPSA) is 22.1 Å². The quantitative estimate of drug-likeness (QED) is 0.779. The van der Waals surface area contributed by atoms with Gasteiger partial charge in [0.05, 0.1) is 12.3 Å². The molecule has 82 valence electrons. The van der Waals surface area contributed by atoms with E-state index >= 15 is 0 Å². The number of hydrogen-bond donors (Lipinski definition) is 0. The zero-order chi connectivity index (χ0) is 11.2. The Balaban J connectivity index is 2.22. The molecule has 2 rings (SSSR count). The van der Waals surface area contributed by atoms with Crippen molar-refractivity contribution in [3.05, 3.63) is 54.2 Å². The van der Waals surface area contributed by atoms with Crippen LogP contribution in [0.1, 0.15) is 5.56 Å². The summed E-state index contributed by atoms with van der Waals surface area (Å²) in [6.45, 7) is 0.748. The van der Waals surface area contributed by atoms with Crippen LogP contribution >= 0.6 is 0 Å². The molecule has 0 unspecified atom stereocenters. The maximum atomic E-state index is 5.07. The van der Waals surface area contributed by atoms with E-state index in [1.807, 2.05) is 30.5 Å². The molecule has 0 fully saturated rings. The second kappa shape index (κ2) is 5.42. The highest BCUT2D eigenvalue weighted by Gasteiger charge is 1.99. The number of benzene rings is 1. The van der Waals surface area contributed by atoms with E-state index in [-0.39, 0.29) is 0 Å². The lowest BCUT2D eigenvalue weighted by molar-refractivity contribution is 0.202. The third-order valence-corrected chi connectivity index (χ3v) is 2.49. The molecule has 2 aromatic rings. The molecule has 16 heavy (non-hydrogen) atoms. The first-order chi connectivity index (χ1) is 7.90. The highest BCUT2D eigenvalue weighted by molar-refractivity contribution is 5.59. The van der Waals surface area contributed by atoms with Gasteiger partial charge in [-0.2, -0.15) is 0 Å². The largest absolute Gasteiger partial charge is 0.384 e. The van der Waals surface area contributed by atoms with Crippen molar-refractivity contribution in [2.75, 3.05) is 13.7 Å². The summed E-state index contributed by atoms with van der Waals surface area (Å²) in [5.74, 6) is 0. The maximum Gasteiger partial charge on any atom is 0.0704 e. The van der Waals surface area contributed by atoms with Gasteiger partial charge in [-0.25, -0.2) is 0 Å². The molecule has 0 bridgehead atoms. The first kappa shape index (κ1) is 10.8. The van der Waals surface area contributed by atoms with Crippen LogP contribution in [0.15, 0.2) is 48.7 Å². The predicted octanol–water partition coefficient (Wildman–Crippen LogP) is 2.94. The molecular formula is C14H15NO. The van der Waals surface area contributed by atoms with Gasteiger partial charge in [-0.15, -0.1) is 0 Å². The van der Waals surface area contributed by atoms with Crippen molar-refractivity contribution >= 4 is 0 Å². The summed E-state index contributed by atoms with van der Waals surface area (Å²) >= 11 is 0. The van der Waals surface area contributed by atoms with Gasteiger partial charge in [0.2, 0.25) is 0 Å². The van der Waals surface area contributed by atoms with Crippen LogP contribution in [0.25, 0.3) is 11.3 Å². The average molecular weight is 213 g/mol. The van der Waals surface area contributed by atoms with E-state index in [1.54, 1.807) is 7.11 Å². The molecule has 0 N–H and O–H groups in total. The minimum atomic E-state index is 0.748. The Kier molecular flexibility index (Phi) is 3.67. The normalized spacial score (nSPS) is 10.3. The number of ether oxygens (including phenoxy) is 1. The molecule has 1 aromatic carbocycles. The van der Waals surface area contributed by atoms with Gasteiger partial charge in [0, 0.05) is 18.9 Å². The van der Waals surface area contributed by atoms with Gasteiger partial charge >= 0.3 is 0 Å². The smallest absolute Gasteiger partial charge is 0.0704 e. The Bertz CT molecular complexity index is 439. The summed E-state index contributed by atoms with van der Waals surface area (Å²) in [4.78, 5) is 4.38. The number of hydrogen-bond acceptors (Lipinski definition) is 2. The van der Waals surface area contributed by atoms with Crippen LogP contribution in [0, 0.1) is 0 Å². The van der Waals surface area contributed by atoms with Gasteiger partial charge in [-0.05, 0) is 24.1 Å². The molecular weight excluding hydrogens is 198 g/mol. The molecule has 0 atom stereocenters. The molecule has 1 heterocycles. The fourth-order valence-electron chi connectivity index (χ4n) is 1.62. The Hall–Kier alpha value is -1.67. The summed E-state index contributed by atoms with van der Waals surface area (Å²) in [6, 6.07) is 14.4. The van der Waals surface area contributed by atoms with E-state index in [4.69, 9.17) is 4.74 Å². The molecule has 2 nitrogen and oxygen atoms in total. The third-order valence-electron chi connectivity index (χ3n) is 2.49. The van der Waals surface area contributed by atoms with Crippen molar-refractivity contribution in [1.29, 1.82) is 0 Å². The standard InChI is InChI=1S/C14H15NO/c1-16-10-8-12-7-9-15-14(11-12)13-5-3-2-4-6-13/h2-7,9,11H,8,10H2,1H3. The lowest BCUT2D eigenvalue weighted by atomic mass is 10.1. The number of pyridine rings is 1. The van der Waals surface area contributed by atoms with Crippen LogP contribution in [0.3, 0.4) is 0 Å². The number of rotatable bonds is 4. The van der Waals surface area contributed by atoms with E-state index in [2.05, 4.69) is 23.2 Å². The first-order valence-electron chi connectivity index (χ1n) is 5.39. The summed E-state index contributed by atoms with van der Waals surface area (Å²) in [5.41, 5.74) is 3.44. The van der Waals surface area contributed by atoms with Gasteiger partial charge in [0.15, 0.2) is 0 Å². The first-order valence-corrected chi connectivity index (χ1v) is 5.39. The molecule has 0 aliphatic carbocycles. The van der Waals surface area contributed by atoms with Gasteiger partial charge < -0.3 is 4.74 Å². The van der Waals surface area contributed by atoms with Gasteiger partial charge in [0.25, 0.3) is 0 Å². The van der Waals surface area contributed by atoms with Crippen molar-refractivity contribution in [2.24, 2.45) is 0 Å². The maximum absolute atomic E-state index is 5.07. The molecule has 0 saturated carbocycles. The number of methoxy groups -OCH3 is 1.